The van der Waals surface area contributed by atoms with E-state index >= 15 is 0 Å². The lowest BCUT2D eigenvalue weighted by atomic mass is 9.99. The van der Waals surface area contributed by atoms with E-state index in [9.17, 15) is 43.2 Å². The fourth-order valence-electron chi connectivity index (χ4n) is 12.0. The summed E-state index contributed by atoms with van der Waals surface area (Å²) < 4.78 is 68.6. The number of esters is 4. The van der Waals surface area contributed by atoms with E-state index in [0.29, 0.717) is 25.7 Å². The summed E-state index contributed by atoms with van der Waals surface area (Å²) in [6.07, 6.45) is 64.6. The van der Waals surface area contributed by atoms with E-state index in [0.717, 1.165) is 121 Å². The van der Waals surface area contributed by atoms with E-state index in [-0.39, 0.29) is 25.7 Å². The minimum absolute atomic E-state index is 0.0850. The molecule has 0 rings (SSSR count). The number of hydrogen-bond acceptors (Lipinski definition) is 15. The number of unbranched alkanes of at least 4 members (excludes halogenated alkanes) is 44. The minimum atomic E-state index is -4.97. The molecule has 590 valence electrons. The number of phosphoric acid groups is 2. The van der Waals surface area contributed by atoms with Crippen molar-refractivity contribution in [1.29, 1.82) is 0 Å². The normalized spacial score (nSPS) is 14.3. The highest BCUT2D eigenvalue weighted by Crippen LogP contribution is 2.45. The molecular formula is C81H154O17P2. The molecule has 0 aromatic heterocycles. The van der Waals surface area contributed by atoms with Gasteiger partial charge >= 0.3 is 39.5 Å². The smallest absolute Gasteiger partial charge is 0.462 e. The average Bonchev–Trinajstić information content (AvgIpc) is 0.940. The van der Waals surface area contributed by atoms with E-state index in [1.165, 1.54) is 199 Å². The summed E-state index contributed by atoms with van der Waals surface area (Å²) in [6, 6.07) is 0. The highest BCUT2D eigenvalue weighted by Gasteiger charge is 2.30. The Kier molecular flexibility index (Phi) is 70.3. The second-order valence-electron chi connectivity index (χ2n) is 29.2. The van der Waals surface area contributed by atoms with Gasteiger partial charge in [-0.25, -0.2) is 9.13 Å². The molecule has 0 aliphatic heterocycles. The van der Waals surface area contributed by atoms with E-state index in [1.54, 1.807) is 0 Å². The van der Waals surface area contributed by atoms with Crippen molar-refractivity contribution >= 4 is 39.5 Å². The van der Waals surface area contributed by atoms with Crippen LogP contribution in [-0.4, -0.2) is 96.7 Å². The SMILES string of the molecule is CCCCCC/C=C\C=C/CCCCCCCC(=O)O[C@H](COC(=O)CCCCCCCCCC)COP(=O)(O)OC[C@H](O)COP(=O)(O)OC[C@@H](COC(=O)CCCCCCCCCCCCCCCCC(C)CC)OC(=O)CCCCCCCCCCCCCCCCCCC(C)C. The van der Waals surface area contributed by atoms with Crippen molar-refractivity contribution in [3.8, 4) is 0 Å². The van der Waals surface area contributed by atoms with Crippen molar-refractivity contribution in [1.82, 2.24) is 0 Å². The van der Waals surface area contributed by atoms with Gasteiger partial charge in [0.2, 0.25) is 0 Å². The maximum Gasteiger partial charge on any atom is 0.472 e. The third-order valence-corrected chi connectivity index (χ3v) is 20.6. The molecule has 0 aliphatic rings. The van der Waals surface area contributed by atoms with Crippen LogP contribution in [0.1, 0.15) is 401 Å². The molecular weight excluding hydrogens is 1310 g/mol. The van der Waals surface area contributed by atoms with Crippen LogP contribution in [0.2, 0.25) is 0 Å². The number of carbonyl (C=O) groups excluding carboxylic acids is 4. The Balaban J connectivity index is 5.24. The van der Waals surface area contributed by atoms with Crippen LogP contribution < -0.4 is 0 Å². The summed E-state index contributed by atoms with van der Waals surface area (Å²) in [5.41, 5.74) is 0. The Hall–Kier alpha value is -2.46. The Morgan fingerprint density at radius 2 is 0.590 bits per heavy atom. The highest BCUT2D eigenvalue weighted by atomic mass is 31.2. The van der Waals surface area contributed by atoms with Crippen LogP contribution in [0.15, 0.2) is 24.3 Å². The molecule has 6 atom stereocenters. The topological polar surface area (TPSA) is 237 Å². The van der Waals surface area contributed by atoms with Crippen LogP contribution in [0.4, 0.5) is 0 Å². The molecule has 0 aromatic rings. The highest BCUT2D eigenvalue weighted by molar-refractivity contribution is 7.47. The third kappa shape index (κ3) is 72.5. The molecule has 0 bridgehead atoms. The third-order valence-electron chi connectivity index (χ3n) is 18.7. The number of allylic oxidation sites excluding steroid dienone is 4. The van der Waals surface area contributed by atoms with Crippen LogP contribution in [0.5, 0.6) is 0 Å². The molecule has 100 heavy (non-hydrogen) atoms. The first-order valence-corrected chi connectivity index (χ1v) is 44.3. The summed E-state index contributed by atoms with van der Waals surface area (Å²) in [5, 5.41) is 10.6. The van der Waals surface area contributed by atoms with Gasteiger partial charge in [-0.2, -0.15) is 0 Å². The van der Waals surface area contributed by atoms with Crippen molar-refractivity contribution in [3.05, 3.63) is 24.3 Å². The van der Waals surface area contributed by atoms with Crippen LogP contribution in [-0.2, 0) is 65.4 Å². The fraction of sp³-hybridized carbons (Fsp3) is 0.901. The van der Waals surface area contributed by atoms with E-state index in [2.05, 4.69) is 65.8 Å². The molecule has 0 radical (unpaired) electrons. The van der Waals surface area contributed by atoms with Gasteiger partial charge in [0.15, 0.2) is 12.2 Å². The molecule has 0 amide bonds. The molecule has 0 saturated heterocycles. The number of carbonyl (C=O) groups is 4. The quantitative estimate of drug-likeness (QED) is 0.0169. The van der Waals surface area contributed by atoms with Crippen molar-refractivity contribution in [3.63, 3.8) is 0 Å². The molecule has 17 nitrogen and oxygen atoms in total. The Bertz CT molecular complexity index is 2020. The average molecular weight is 1460 g/mol. The first-order valence-electron chi connectivity index (χ1n) is 41.3. The monoisotopic (exact) mass is 1460 g/mol. The first-order chi connectivity index (χ1) is 48.4. The molecule has 0 aliphatic carbocycles. The number of hydrogen-bond donors (Lipinski definition) is 3. The van der Waals surface area contributed by atoms with Crippen LogP contribution in [0.25, 0.3) is 0 Å². The maximum absolute atomic E-state index is 13.1. The molecule has 3 N–H and O–H groups in total. The molecule has 0 fully saturated rings. The molecule has 3 unspecified atom stereocenters. The lowest BCUT2D eigenvalue weighted by Gasteiger charge is -2.21. The van der Waals surface area contributed by atoms with Crippen LogP contribution >= 0.6 is 15.6 Å². The number of aliphatic hydroxyl groups is 1. The van der Waals surface area contributed by atoms with Crippen LogP contribution in [0, 0.1) is 11.8 Å². The molecule has 0 aromatic carbocycles. The van der Waals surface area contributed by atoms with Gasteiger partial charge in [0.1, 0.15) is 19.3 Å². The van der Waals surface area contributed by atoms with Gasteiger partial charge < -0.3 is 33.8 Å². The second kappa shape index (κ2) is 72.1. The van der Waals surface area contributed by atoms with Crippen LogP contribution in [0.3, 0.4) is 0 Å². The Morgan fingerprint density at radius 3 is 0.900 bits per heavy atom. The minimum Gasteiger partial charge on any atom is -0.462 e. The van der Waals surface area contributed by atoms with Gasteiger partial charge in [0.05, 0.1) is 26.4 Å². The maximum atomic E-state index is 13.1. The van der Waals surface area contributed by atoms with Gasteiger partial charge in [0, 0.05) is 25.7 Å². The molecule has 0 saturated carbocycles. The van der Waals surface area contributed by atoms with Gasteiger partial charge in [0.25, 0.3) is 0 Å². The van der Waals surface area contributed by atoms with E-state index in [4.69, 9.17) is 37.0 Å². The zero-order valence-electron chi connectivity index (χ0n) is 65.0. The predicted molar refractivity (Wildman–Crippen MR) is 409 cm³/mol. The summed E-state index contributed by atoms with van der Waals surface area (Å²) in [6.45, 7) is 9.62. The summed E-state index contributed by atoms with van der Waals surface area (Å²) in [4.78, 5) is 72.9. The zero-order chi connectivity index (χ0) is 73.5. The lowest BCUT2D eigenvalue weighted by molar-refractivity contribution is -0.161. The molecule has 0 spiro atoms. The van der Waals surface area contributed by atoms with Gasteiger partial charge in [-0.3, -0.25) is 37.3 Å². The molecule has 19 heteroatoms. The van der Waals surface area contributed by atoms with Gasteiger partial charge in [-0.05, 0) is 63.2 Å². The van der Waals surface area contributed by atoms with Gasteiger partial charge in [-0.1, -0.05) is 348 Å². The van der Waals surface area contributed by atoms with Crippen molar-refractivity contribution in [2.24, 2.45) is 11.8 Å². The van der Waals surface area contributed by atoms with E-state index < -0.39 is 97.5 Å². The summed E-state index contributed by atoms with van der Waals surface area (Å²) >= 11 is 0. The molecule has 0 heterocycles. The lowest BCUT2D eigenvalue weighted by Crippen LogP contribution is -2.30. The van der Waals surface area contributed by atoms with E-state index in [1.807, 2.05) is 0 Å². The number of ether oxygens (including phenoxy) is 4. The first kappa shape index (κ1) is 97.5. The standard InChI is InChI=1S/C81H154O17P2/c1-7-10-12-14-16-18-19-20-23-31-36-41-47-53-59-65-80(85)97-76(69-91-78(83)63-57-51-45-17-15-13-11-8-2)71-95-99(87,88)93-67-75(82)68-94-100(89,90)96-72-77(70-92-79(84)64-58-52-46-40-35-30-27-26-29-34-39-44-50-56-62-74(6)9-3)98-81(86)66-60-54-48-42-37-32-25-22-21-24-28-33-38-43-49-55-61-73(4)5/h18-20,23,73-77,82H,7-17,21-22,24-72H2,1-6H3,(H,87,88)(H,89,90)/b19-18-,23-20-/t74?,75-,76+,77+/m0/s1. The predicted octanol–water partition coefficient (Wildman–Crippen LogP) is 23.8. The van der Waals surface area contributed by atoms with Gasteiger partial charge in [-0.15, -0.1) is 0 Å². The number of rotatable bonds is 78. The largest absolute Gasteiger partial charge is 0.472 e. The van der Waals surface area contributed by atoms with Crippen molar-refractivity contribution in [2.45, 2.75) is 419 Å². The Labute approximate surface area is 612 Å². The summed E-state index contributed by atoms with van der Waals surface area (Å²) in [5.74, 6) is -0.485. The zero-order valence-corrected chi connectivity index (χ0v) is 66.8. The Morgan fingerprint density at radius 1 is 0.330 bits per heavy atom. The fourth-order valence-corrected chi connectivity index (χ4v) is 13.5. The second-order valence-corrected chi connectivity index (χ2v) is 32.1. The number of aliphatic hydroxyl groups excluding tert-OH is 1. The van der Waals surface area contributed by atoms with Crippen molar-refractivity contribution in [2.75, 3.05) is 39.6 Å². The summed E-state index contributed by atoms with van der Waals surface area (Å²) in [7, 11) is -9.93. The van der Waals surface area contributed by atoms with Crippen molar-refractivity contribution < 1.29 is 80.2 Å². The number of phosphoric ester groups is 2.